The van der Waals surface area contributed by atoms with E-state index in [1.807, 2.05) is 54.6 Å². The molecule has 0 unspecified atom stereocenters. The van der Waals surface area contributed by atoms with Crippen LogP contribution in [0.3, 0.4) is 0 Å². The van der Waals surface area contributed by atoms with Crippen molar-refractivity contribution in [3.8, 4) is 11.1 Å². The molecule has 0 spiro atoms. The van der Waals surface area contributed by atoms with Crippen LogP contribution in [-0.4, -0.2) is 18.2 Å². The van der Waals surface area contributed by atoms with E-state index in [0.29, 0.717) is 6.42 Å². The van der Waals surface area contributed by atoms with E-state index in [0.717, 1.165) is 16.7 Å². The molecular weight excluding hydrogens is 252 g/mol. The highest BCUT2D eigenvalue weighted by molar-refractivity contribution is 5.86. The van der Waals surface area contributed by atoms with Gasteiger partial charge >= 0.3 is 5.97 Å². The van der Waals surface area contributed by atoms with Crippen LogP contribution in [0.15, 0.2) is 66.4 Å². The second-order valence-electron chi connectivity index (χ2n) is 4.43. The summed E-state index contributed by atoms with van der Waals surface area (Å²) in [5.41, 5.74) is 3.36. The molecule has 0 saturated heterocycles. The van der Waals surface area contributed by atoms with Gasteiger partial charge in [0.2, 0.25) is 0 Å². The number of carboxylic acids is 1. The largest absolute Gasteiger partial charge is 0.504 e. The van der Waals surface area contributed by atoms with Crippen molar-refractivity contribution in [2.75, 3.05) is 7.11 Å². The molecule has 2 aromatic carbocycles. The Morgan fingerprint density at radius 3 is 2.45 bits per heavy atom. The quantitative estimate of drug-likeness (QED) is 0.666. The molecule has 2 rings (SSSR count). The van der Waals surface area contributed by atoms with Crippen LogP contribution >= 0.6 is 0 Å². The fraction of sp³-hybridized carbons (Fsp3) is 0.118. The van der Waals surface area contributed by atoms with Gasteiger partial charge in [-0.25, -0.2) is 4.79 Å². The lowest BCUT2D eigenvalue weighted by Gasteiger charge is -2.06. The second-order valence-corrected chi connectivity index (χ2v) is 4.43. The van der Waals surface area contributed by atoms with E-state index in [-0.39, 0.29) is 5.57 Å². The summed E-state index contributed by atoms with van der Waals surface area (Å²) in [7, 11) is 1.45. The highest BCUT2D eigenvalue weighted by Gasteiger charge is 2.09. The number of carboxylic acid groups (broad SMARTS) is 1. The van der Waals surface area contributed by atoms with Gasteiger partial charge in [0, 0.05) is 6.42 Å². The van der Waals surface area contributed by atoms with Crippen LogP contribution in [0, 0.1) is 0 Å². The Hall–Kier alpha value is -2.55. The number of ether oxygens (including phenoxy) is 1. The van der Waals surface area contributed by atoms with Crippen molar-refractivity contribution >= 4 is 5.97 Å². The van der Waals surface area contributed by atoms with E-state index >= 15 is 0 Å². The summed E-state index contributed by atoms with van der Waals surface area (Å²) in [6.07, 6.45) is 1.61. The Kier molecular flexibility index (Phi) is 4.56. The molecule has 3 heteroatoms. The number of methoxy groups -OCH3 is 1. The molecule has 0 saturated carbocycles. The fourth-order valence-electron chi connectivity index (χ4n) is 2.02. The average Bonchev–Trinajstić information content (AvgIpc) is 2.48. The predicted octanol–water partition coefficient (Wildman–Crippen LogP) is 3.51. The first kappa shape index (κ1) is 13.9. The first-order valence-electron chi connectivity index (χ1n) is 6.30. The van der Waals surface area contributed by atoms with Crippen LogP contribution in [0.1, 0.15) is 5.56 Å². The maximum atomic E-state index is 11.1. The van der Waals surface area contributed by atoms with Crippen LogP contribution in [0.25, 0.3) is 11.1 Å². The molecule has 0 aliphatic rings. The summed E-state index contributed by atoms with van der Waals surface area (Å²) >= 11 is 0. The van der Waals surface area contributed by atoms with Crippen molar-refractivity contribution in [3.63, 3.8) is 0 Å². The van der Waals surface area contributed by atoms with Gasteiger partial charge < -0.3 is 9.84 Å². The Morgan fingerprint density at radius 2 is 1.80 bits per heavy atom. The van der Waals surface area contributed by atoms with Gasteiger partial charge in [-0.1, -0.05) is 54.6 Å². The summed E-state index contributed by atoms with van der Waals surface area (Å²) < 4.78 is 4.81. The minimum absolute atomic E-state index is 0.234. The van der Waals surface area contributed by atoms with Crippen molar-refractivity contribution in [2.24, 2.45) is 0 Å². The molecule has 0 atom stereocenters. The predicted molar refractivity (Wildman–Crippen MR) is 78.3 cm³/mol. The van der Waals surface area contributed by atoms with Gasteiger partial charge in [0.15, 0.2) is 0 Å². The van der Waals surface area contributed by atoms with Gasteiger partial charge in [0.25, 0.3) is 0 Å². The molecule has 102 valence electrons. The summed E-state index contributed by atoms with van der Waals surface area (Å²) in [6.45, 7) is 0. The lowest BCUT2D eigenvalue weighted by Crippen LogP contribution is -2.04. The maximum absolute atomic E-state index is 11.1. The zero-order valence-electron chi connectivity index (χ0n) is 11.2. The Balaban J connectivity index is 2.27. The van der Waals surface area contributed by atoms with Crippen molar-refractivity contribution < 1.29 is 14.6 Å². The normalized spacial score (nSPS) is 11.2. The Labute approximate surface area is 118 Å². The third kappa shape index (κ3) is 3.48. The molecule has 0 radical (unpaired) electrons. The zero-order chi connectivity index (χ0) is 14.4. The molecule has 0 amide bonds. The highest BCUT2D eigenvalue weighted by atomic mass is 16.5. The van der Waals surface area contributed by atoms with Crippen LogP contribution in [-0.2, 0) is 16.0 Å². The number of hydrogen-bond donors (Lipinski definition) is 1. The maximum Gasteiger partial charge on any atom is 0.335 e. The first-order chi connectivity index (χ1) is 9.70. The summed E-state index contributed by atoms with van der Waals surface area (Å²) in [6, 6.07) is 17.9. The van der Waals surface area contributed by atoms with Crippen LogP contribution < -0.4 is 0 Å². The molecule has 0 aliphatic carbocycles. The molecule has 0 heterocycles. The van der Waals surface area contributed by atoms with E-state index in [4.69, 9.17) is 9.84 Å². The number of hydrogen-bond acceptors (Lipinski definition) is 2. The van der Waals surface area contributed by atoms with Gasteiger partial charge in [-0.3, -0.25) is 0 Å². The SMILES string of the molecule is COC=C(Cc1cccc(-c2ccccc2)c1)C(=O)O. The van der Waals surface area contributed by atoms with Crippen molar-refractivity contribution in [2.45, 2.75) is 6.42 Å². The minimum Gasteiger partial charge on any atom is -0.504 e. The molecule has 0 fully saturated rings. The van der Waals surface area contributed by atoms with E-state index in [9.17, 15) is 4.79 Å². The van der Waals surface area contributed by atoms with Crippen LogP contribution in [0.5, 0.6) is 0 Å². The van der Waals surface area contributed by atoms with Crippen molar-refractivity contribution in [3.05, 3.63) is 72.0 Å². The van der Waals surface area contributed by atoms with Gasteiger partial charge in [0.05, 0.1) is 18.9 Å². The van der Waals surface area contributed by atoms with Crippen LogP contribution in [0.4, 0.5) is 0 Å². The second kappa shape index (κ2) is 6.57. The standard InChI is InChI=1S/C17H16O3/c1-20-12-16(17(18)19)11-13-6-5-9-15(10-13)14-7-3-2-4-8-14/h2-10,12H,11H2,1H3,(H,18,19). The van der Waals surface area contributed by atoms with E-state index in [2.05, 4.69) is 0 Å². The average molecular weight is 268 g/mol. The van der Waals surface area contributed by atoms with E-state index in [1.54, 1.807) is 0 Å². The summed E-state index contributed by atoms with van der Waals surface area (Å²) in [5, 5.41) is 9.10. The van der Waals surface area contributed by atoms with Crippen molar-refractivity contribution in [1.82, 2.24) is 0 Å². The number of benzene rings is 2. The number of rotatable bonds is 5. The highest BCUT2D eigenvalue weighted by Crippen LogP contribution is 2.21. The van der Waals surface area contributed by atoms with Crippen molar-refractivity contribution in [1.29, 1.82) is 0 Å². The van der Waals surface area contributed by atoms with Gasteiger partial charge in [0.1, 0.15) is 0 Å². The van der Waals surface area contributed by atoms with E-state index in [1.165, 1.54) is 13.4 Å². The molecule has 1 N–H and O–H groups in total. The summed E-state index contributed by atoms with van der Waals surface area (Å²) in [4.78, 5) is 11.1. The first-order valence-corrected chi connectivity index (χ1v) is 6.30. The van der Waals surface area contributed by atoms with Crippen LogP contribution in [0.2, 0.25) is 0 Å². The van der Waals surface area contributed by atoms with Gasteiger partial charge in [-0.05, 0) is 16.7 Å². The lowest BCUT2D eigenvalue weighted by atomic mass is 9.99. The number of aliphatic carboxylic acids is 1. The topological polar surface area (TPSA) is 46.5 Å². The molecule has 2 aromatic rings. The zero-order valence-corrected chi connectivity index (χ0v) is 11.2. The van der Waals surface area contributed by atoms with Gasteiger partial charge in [-0.2, -0.15) is 0 Å². The molecular formula is C17H16O3. The third-order valence-corrected chi connectivity index (χ3v) is 2.96. The Morgan fingerprint density at radius 1 is 1.10 bits per heavy atom. The number of carbonyl (C=O) groups is 1. The Bertz CT molecular complexity index is 615. The molecule has 20 heavy (non-hydrogen) atoms. The lowest BCUT2D eigenvalue weighted by molar-refractivity contribution is -0.132. The van der Waals surface area contributed by atoms with E-state index < -0.39 is 5.97 Å². The minimum atomic E-state index is -0.961. The smallest absolute Gasteiger partial charge is 0.335 e. The fourth-order valence-corrected chi connectivity index (χ4v) is 2.02. The molecule has 0 bridgehead atoms. The molecule has 3 nitrogen and oxygen atoms in total. The molecule has 0 aromatic heterocycles. The molecule has 0 aliphatic heterocycles. The third-order valence-electron chi connectivity index (χ3n) is 2.96. The van der Waals surface area contributed by atoms with Gasteiger partial charge in [-0.15, -0.1) is 0 Å². The summed E-state index contributed by atoms with van der Waals surface area (Å²) in [5.74, 6) is -0.961. The monoisotopic (exact) mass is 268 g/mol.